The number of aromatic amines is 1. The molecule has 0 radical (unpaired) electrons. The van der Waals surface area contributed by atoms with Crippen molar-refractivity contribution in [2.24, 2.45) is 0 Å². The Kier molecular flexibility index (Phi) is 0.947. The largest absolute Gasteiger partial charge is 0.348 e. The van der Waals surface area contributed by atoms with Gasteiger partial charge < -0.3 is 10.3 Å². The van der Waals surface area contributed by atoms with Gasteiger partial charge in [-0.2, -0.15) is 0 Å². The highest BCUT2D eigenvalue weighted by molar-refractivity contribution is 5.71. The van der Waals surface area contributed by atoms with E-state index in [4.69, 9.17) is 0 Å². The second-order valence-electron chi connectivity index (χ2n) is 2.29. The second-order valence-corrected chi connectivity index (χ2v) is 2.29. The molecule has 50 valence electrons. The highest BCUT2D eigenvalue weighted by atomic mass is 15.0. The number of anilines is 1. The Morgan fingerprint density at radius 3 is 3.10 bits per heavy atom. The SMILES string of the molecule is C=C1C=Cc2cc[nH]c2N1. The molecule has 2 nitrogen and oxygen atoms in total. The van der Waals surface area contributed by atoms with Gasteiger partial charge in [0.2, 0.25) is 0 Å². The van der Waals surface area contributed by atoms with E-state index in [1.807, 2.05) is 24.4 Å². The van der Waals surface area contributed by atoms with Gasteiger partial charge in [-0.25, -0.2) is 0 Å². The van der Waals surface area contributed by atoms with Crippen molar-refractivity contribution in [1.82, 2.24) is 4.98 Å². The van der Waals surface area contributed by atoms with Crippen LogP contribution in [-0.2, 0) is 0 Å². The lowest BCUT2D eigenvalue weighted by Crippen LogP contribution is -1.99. The zero-order valence-electron chi connectivity index (χ0n) is 5.52. The molecule has 0 unspecified atom stereocenters. The van der Waals surface area contributed by atoms with E-state index in [1.165, 1.54) is 5.56 Å². The Bertz CT molecular complexity index is 294. The van der Waals surface area contributed by atoms with Gasteiger partial charge in [0, 0.05) is 17.5 Å². The average molecular weight is 132 g/mol. The third-order valence-corrected chi connectivity index (χ3v) is 1.53. The fourth-order valence-electron chi connectivity index (χ4n) is 1.02. The zero-order chi connectivity index (χ0) is 6.97. The lowest BCUT2D eigenvalue weighted by Gasteiger charge is -2.09. The van der Waals surface area contributed by atoms with Crippen LogP contribution in [-0.4, -0.2) is 4.98 Å². The van der Waals surface area contributed by atoms with Crippen molar-refractivity contribution in [3.63, 3.8) is 0 Å². The van der Waals surface area contributed by atoms with Crippen LogP contribution >= 0.6 is 0 Å². The van der Waals surface area contributed by atoms with Gasteiger partial charge >= 0.3 is 0 Å². The monoisotopic (exact) mass is 132 g/mol. The van der Waals surface area contributed by atoms with E-state index in [1.54, 1.807) is 0 Å². The maximum absolute atomic E-state index is 3.77. The van der Waals surface area contributed by atoms with Gasteiger partial charge in [0.15, 0.2) is 0 Å². The van der Waals surface area contributed by atoms with Crippen LogP contribution < -0.4 is 5.32 Å². The molecule has 0 atom stereocenters. The van der Waals surface area contributed by atoms with Crippen LogP contribution in [0.15, 0.2) is 30.6 Å². The fourth-order valence-corrected chi connectivity index (χ4v) is 1.02. The number of rotatable bonds is 0. The molecule has 0 aromatic carbocycles. The van der Waals surface area contributed by atoms with E-state index in [-0.39, 0.29) is 0 Å². The molecular formula is C8H8N2. The van der Waals surface area contributed by atoms with Gasteiger partial charge in [-0.15, -0.1) is 0 Å². The summed E-state index contributed by atoms with van der Waals surface area (Å²) < 4.78 is 0. The molecule has 2 heterocycles. The molecular weight excluding hydrogens is 124 g/mol. The van der Waals surface area contributed by atoms with Gasteiger partial charge in [0.25, 0.3) is 0 Å². The van der Waals surface area contributed by atoms with E-state index >= 15 is 0 Å². The molecule has 1 aromatic heterocycles. The Labute approximate surface area is 59.3 Å². The maximum atomic E-state index is 3.77. The Morgan fingerprint density at radius 2 is 2.20 bits per heavy atom. The summed E-state index contributed by atoms with van der Waals surface area (Å²) in [5.41, 5.74) is 2.11. The van der Waals surface area contributed by atoms with Crippen molar-refractivity contribution >= 4 is 11.9 Å². The maximum Gasteiger partial charge on any atom is 0.115 e. The number of hydrogen-bond acceptors (Lipinski definition) is 1. The van der Waals surface area contributed by atoms with E-state index in [9.17, 15) is 0 Å². The molecule has 1 aliphatic heterocycles. The number of fused-ring (bicyclic) bond motifs is 1. The number of aromatic nitrogens is 1. The predicted molar refractivity (Wildman–Crippen MR) is 42.6 cm³/mol. The zero-order valence-corrected chi connectivity index (χ0v) is 5.52. The molecule has 2 rings (SSSR count). The quantitative estimate of drug-likeness (QED) is 0.555. The summed E-state index contributed by atoms with van der Waals surface area (Å²) in [5, 5.41) is 3.10. The van der Waals surface area contributed by atoms with Crippen LogP contribution in [0.4, 0.5) is 5.82 Å². The predicted octanol–water partition coefficient (Wildman–Crippen LogP) is 1.97. The van der Waals surface area contributed by atoms with E-state index in [0.717, 1.165) is 11.5 Å². The first-order valence-corrected chi connectivity index (χ1v) is 3.17. The Balaban J connectivity index is 2.52. The van der Waals surface area contributed by atoms with Crippen LogP contribution in [0.3, 0.4) is 0 Å². The minimum absolute atomic E-state index is 0.926. The van der Waals surface area contributed by atoms with Crippen LogP contribution in [0.25, 0.3) is 6.08 Å². The topological polar surface area (TPSA) is 27.8 Å². The molecule has 1 aromatic rings. The molecule has 0 bridgehead atoms. The summed E-state index contributed by atoms with van der Waals surface area (Å²) in [6.07, 6.45) is 5.89. The normalized spacial score (nSPS) is 14.6. The molecule has 0 saturated carbocycles. The number of nitrogens with one attached hydrogen (secondary N) is 2. The molecule has 0 fully saturated rings. The van der Waals surface area contributed by atoms with Gasteiger partial charge in [0.05, 0.1) is 0 Å². The minimum Gasteiger partial charge on any atom is -0.348 e. The third kappa shape index (κ3) is 0.658. The van der Waals surface area contributed by atoms with Crippen LogP contribution in [0.2, 0.25) is 0 Å². The van der Waals surface area contributed by atoms with Crippen molar-refractivity contribution in [2.75, 3.05) is 5.32 Å². The summed E-state index contributed by atoms with van der Waals surface area (Å²) >= 11 is 0. The van der Waals surface area contributed by atoms with Crippen molar-refractivity contribution in [1.29, 1.82) is 0 Å². The van der Waals surface area contributed by atoms with E-state index in [0.29, 0.717) is 0 Å². The fraction of sp³-hybridized carbons (Fsp3) is 0. The molecule has 0 aliphatic carbocycles. The van der Waals surface area contributed by atoms with Gasteiger partial charge in [-0.1, -0.05) is 6.58 Å². The summed E-state index contributed by atoms with van der Waals surface area (Å²) in [7, 11) is 0. The van der Waals surface area contributed by atoms with Crippen molar-refractivity contribution in [3.8, 4) is 0 Å². The summed E-state index contributed by atoms with van der Waals surface area (Å²) in [5.74, 6) is 1.03. The van der Waals surface area contributed by atoms with Crippen molar-refractivity contribution in [3.05, 3.63) is 36.2 Å². The minimum atomic E-state index is 0.926. The Morgan fingerprint density at radius 1 is 1.30 bits per heavy atom. The first-order valence-electron chi connectivity index (χ1n) is 3.17. The number of hydrogen-bond donors (Lipinski definition) is 2. The van der Waals surface area contributed by atoms with Gasteiger partial charge in [-0.05, 0) is 18.2 Å². The van der Waals surface area contributed by atoms with Crippen molar-refractivity contribution < 1.29 is 0 Å². The van der Waals surface area contributed by atoms with Crippen LogP contribution in [0.1, 0.15) is 5.56 Å². The van der Waals surface area contributed by atoms with Crippen molar-refractivity contribution in [2.45, 2.75) is 0 Å². The molecule has 0 amide bonds. The molecule has 0 spiro atoms. The van der Waals surface area contributed by atoms with Crippen LogP contribution in [0.5, 0.6) is 0 Å². The van der Waals surface area contributed by atoms with Gasteiger partial charge in [-0.3, -0.25) is 0 Å². The standard InChI is InChI=1S/C8H8N2/c1-6-2-3-7-4-5-9-8(7)10-6/h2-5,9-10H,1H2. The molecule has 0 saturated heterocycles. The van der Waals surface area contributed by atoms with E-state index in [2.05, 4.69) is 16.9 Å². The molecule has 1 aliphatic rings. The summed E-state index contributed by atoms with van der Waals surface area (Å²) in [4.78, 5) is 3.06. The highest BCUT2D eigenvalue weighted by Crippen LogP contribution is 2.21. The first-order chi connectivity index (χ1) is 4.86. The first kappa shape index (κ1) is 5.35. The third-order valence-electron chi connectivity index (χ3n) is 1.53. The lowest BCUT2D eigenvalue weighted by molar-refractivity contribution is 1.34. The van der Waals surface area contributed by atoms with Crippen LogP contribution in [0, 0.1) is 0 Å². The highest BCUT2D eigenvalue weighted by Gasteiger charge is 2.04. The number of allylic oxidation sites excluding steroid dienone is 1. The lowest BCUT2D eigenvalue weighted by atomic mass is 10.2. The number of H-pyrrole nitrogens is 1. The smallest absolute Gasteiger partial charge is 0.115 e. The molecule has 10 heavy (non-hydrogen) atoms. The summed E-state index contributed by atoms with van der Waals surface area (Å²) in [6, 6.07) is 2.02. The average Bonchev–Trinajstić information content (AvgIpc) is 2.33. The van der Waals surface area contributed by atoms with Gasteiger partial charge in [0.1, 0.15) is 5.82 Å². The summed E-state index contributed by atoms with van der Waals surface area (Å²) in [6.45, 7) is 3.77. The molecule has 2 N–H and O–H groups in total. The molecule has 2 heteroatoms. The Hall–Kier alpha value is -1.44. The van der Waals surface area contributed by atoms with E-state index < -0.39 is 0 Å². The second kappa shape index (κ2) is 1.77.